The summed E-state index contributed by atoms with van der Waals surface area (Å²) in [7, 11) is 0. The van der Waals surface area contributed by atoms with Gasteiger partial charge in [-0.3, -0.25) is 5.43 Å². The number of hydrazine groups is 1. The topological polar surface area (TPSA) is 96.1 Å². The van der Waals surface area contributed by atoms with Crippen LogP contribution in [0.1, 0.15) is 13.3 Å². The van der Waals surface area contributed by atoms with Crippen LogP contribution in [0.3, 0.4) is 0 Å². The van der Waals surface area contributed by atoms with Crippen molar-refractivity contribution in [3.8, 4) is 0 Å². The van der Waals surface area contributed by atoms with Gasteiger partial charge >= 0.3 is 0 Å². The third-order valence-corrected chi connectivity index (χ3v) is 3.21. The summed E-state index contributed by atoms with van der Waals surface area (Å²) >= 11 is 1.54. The van der Waals surface area contributed by atoms with E-state index in [4.69, 9.17) is 10.9 Å². The van der Waals surface area contributed by atoms with Gasteiger partial charge in [-0.25, -0.2) is 10.8 Å². The van der Waals surface area contributed by atoms with Crippen LogP contribution in [-0.2, 0) is 0 Å². The Morgan fingerprint density at radius 3 is 3.06 bits per heavy atom. The number of aromatic nitrogens is 2. The summed E-state index contributed by atoms with van der Waals surface area (Å²) in [5, 5.41) is 15.1. The lowest BCUT2D eigenvalue weighted by molar-refractivity contribution is 0.282. The SMILES string of the molecule is CC(CCO)Nc1nc(NN)nc2sccc12. The highest BCUT2D eigenvalue weighted by Crippen LogP contribution is 2.26. The van der Waals surface area contributed by atoms with Crippen molar-refractivity contribution in [3.63, 3.8) is 0 Å². The van der Waals surface area contributed by atoms with Crippen LogP contribution in [0.2, 0.25) is 0 Å². The summed E-state index contributed by atoms with van der Waals surface area (Å²) < 4.78 is 0. The Morgan fingerprint density at radius 2 is 2.35 bits per heavy atom. The van der Waals surface area contributed by atoms with Gasteiger partial charge in [-0.2, -0.15) is 4.98 Å². The molecule has 1 unspecified atom stereocenters. The van der Waals surface area contributed by atoms with E-state index in [1.165, 1.54) is 11.3 Å². The lowest BCUT2D eigenvalue weighted by Gasteiger charge is -2.14. The summed E-state index contributed by atoms with van der Waals surface area (Å²) in [6, 6.07) is 2.11. The molecule has 5 N–H and O–H groups in total. The first-order chi connectivity index (χ1) is 8.24. The van der Waals surface area contributed by atoms with Crippen LogP contribution in [0, 0.1) is 0 Å². The molecule has 0 bridgehead atoms. The minimum absolute atomic E-state index is 0.142. The van der Waals surface area contributed by atoms with Gasteiger partial charge in [0, 0.05) is 12.6 Å². The Bertz CT molecular complexity index is 500. The molecule has 17 heavy (non-hydrogen) atoms. The van der Waals surface area contributed by atoms with Gasteiger partial charge in [0.1, 0.15) is 10.6 Å². The van der Waals surface area contributed by atoms with Gasteiger partial charge in [0.05, 0.1) is 5.39 Å². The Balaban J connectivity index is 2.33. The molecule has 0 amide bonds. The molecule has 2 heterocycles. The summed E-state index contributed by atoms with van der Waals surface area (Å²) in [6.45, 7) is 2.14. The molecule has 2 rings (SSSR count). The van der Waals surface area contributed by atoms with Crippen molar-refractivity contribution in [2.75, 3.05) is 17.3 Å². The average molecular weight is 253 g/mol. The number of hydrogen-bond donors (Lipinski definition) is 4. The van der Waals surface area contributed by atoms with E-state index >= 15 is 0 Å². The largest absolute Gasteiger partial charge is 0.396 e. The monoisotopic (exact) mass is 253 g/mol. The Hall–Kier alpha value is -1.44. The molecule has 0 aliphatic heterocycles. The normalized spacial score (nSPS) is 12.6. The van der Waals surface area contributed by atoms with Crippen molar-refractivity contribution in [1.29, 1.82) is 0 Å². The number of hydrogen-bond acceptors (Lipinski definition) is 7. The molecule has 2 aromatic rings. The Kier molecular flexibility index (Phi) is 3.72. The second-order valence-electron chi connectivity index (χ2n) is 3.74. The van der Waals surface area contributed by atoms with Crippen molar-refractivity contribution in [3.05, 3.63) is 11.4 Å². The van der Waals surface area contributed by atoms with Gasteiger partial charge in [0.2, 0.25) is 5.95 Å². The second-order valence-corrected chi connectivity index (χ2v) is 4.63. The van der Waals surface area contributed by atoms with E-state index in [9.17, 15) is 0 Å². The molecule has 0 aromatic carbocycles. The molecular formula is C10H15N5OS. The maximum Gasteiger partial charge on any atom is 0.240 e. The summed E-state index contributed by atoms with van der Waals surface area (Å²) in [4.78, 5) is 9.41. The van der Waals surface area contributed by atoms with Crippen LogP contribution in [0.5, 0.6) is 0 Å². The number of nitrogens with zero attached hydrogens (tertiary/aromatic N) is 2. The molecule has 0 saturated carbocycles. The van der Waals surface area contributed by atoms with Crippen LogP contribution in [-0.4, -0.2) is 27.7 Å². The minimum Gasteiger partial charge on any atom is -0.396 e. The third kappa shape index (κ3) is 2.63. The molecule has 6 nitrogen and oxygen atoms in total. The number of nitrogen functional groups attached to an aromatic ring is 1. The second kappa shape index (κ2) is 5.26. The molecule has 0 saturated heterocycles. The molecule has 0 aliphatic carbocycles. The third-order valence-electron chi connectivity index (χ3n) is 2.40. The van der Waals surface area contributed by atoms with Crippen molar-refractivity contribution in [1.82, 2.24) is 9.97 Å². The Labute approximate surface area is 103 Å². The fourth-order valence-electron chi connectivity index (χ4n) is 1.53. The van der Waals surface area contributed by atoms with E-state index in [0.717, 1.165) is 16.0 Å². The first-order valence-electron chi connectivity index (χ1n) is 5.34. The predicted octanol–water partition coefficient (Wildman–Crippen LogP) is 1.16. The fourth-order valence-corrected chi connectivity index (χ4v) is 2.29. The molecule has 7 heteroatoms. The maximum atomic E-state index is 8.89. The molecule has 0 aliphatic rings. The zero-order valence-corrected chi connectivity index (χ0v) is 10.3. The van der Waals surface area contributed by atoms with E-state index in [1.54, 1.807) is 0 Å². The lowest BCUT2D eigenvalue weighted by atomic mass is 10.2. The highest BCUT2D eigenvalue weighted by atomic mass is 32.1. The first-order valence-corrected chi connectivity index (χ1v) is 6.22. The van der Waals surface area contributed by atoms with Gasteiger partial charge in [-0.15, -0.1) is 11.3 Å². The van der Waals surface area contributed by atoms with E-state index in [2.05, 4.69) is 20.7 Å². The van der Waals surface area contributed by atoms with E-state index in [1.807, 2.05) is 18.4 Å². The molecule has 0 radical (unpaired) electrons. The van der Waals surface area contributed by atoms with Crippen molar-refractivity contribution in [2.45, 2.75) is 19.4 Å². The Morgan fingerprint density at radius 1 is 1.53 bits per heavy atom. The number of aliphatic hydroxyl groups excluding tert-OH is 1. The summed E-state index contributed by atoms with van der Waals surface area (Å²) in [5.41, 5.74) is 2.45. The molecule has 2 aromatic heterocycles. The van der Waals surface area contributed by atoms with Gasteiger partial charge in [0.25, 0.3) is 0 Å². The van der Waals surface area contributed by atoms with Crippen LogP contribution < -0.4 is 16.6 Å². The number of nitrogens with two attached hydrogens (primary N) is 1. The minimum atomic E-state index is 0.142. The first kappa shape index (κ1) is 12.0. The molecular weight excluding hydrogens is 238 g/mol. The van der Waals surface area contributed by atoms with Crippen molar-refractivity contribution >= 4 is 33.3 Å². The molecule has 0 spiro atoms. The van der Waals surface area contributed by atoms with Gasteiger partial charge in [-0.05, 0) is 24.8 Å². The quantitative estimate of drug-likeness (QED) is 0.472. The number of aliphatic hydroxyl groups is 1. The van der Waals surface area contributed by atoms with Gasteiger partial charge in [-0.1, -0.05) is 0 Å². The highest BCUT2D eigenvalue weighted by Gasteiger charge is 2.10. The molecule has 0 fully saturated rings. The number of anilines is 2. The lowest BCUT2D eigenvalue weighted by Crippen LogP contribution is -2.19. The summed E-state index contributed by atoms with van der Waals surface area (Å²) in [6.07, 6.45) is 0.668. The molecule has 92 valence electrons. The van der Waals surface area contributed by atoms with Crippen LogP contribution in [0.15, 0.2) is 11.4 Å². The molecule has 1 atom stereocenters. The number of thiophene rings is 1. The van der Waals surface area contributed by atoms with Gasteiger partial charge in [0.15, 0.2) is 0 Å². The number of nitrogens with one attached hydrogen (secondary N) is 2. The van der Waals surface area contributed by atoms with E-state index < -0.39 is 0 Å². The highest BCUT2D eigenvalue weighted by molar-refractivity contribution is 7.16. The number of fused-ring (bicyclic) bond motifs is 1. The van der Waals surface area contributed by atoms with Gasteiger partial charge < -0.3 is 10.4 Å². The number of rotatable bonds is 5. The zero-order valence-electron chi connectivity index (χ0n) is 9.47. The van der Waals surface area contributed by atoms with Crippen molar-refractivity contribution in [2.24, 2.45) is 5.84 Å². The summed E-state index contributed by atoms with van der Waals surface area (Å²) in [5.74, 6) is 6.46. The van der Waals surface area contributed by atoms with E-state index in [-0.39, 0.29) is 12.6 Å². The maximum absolute atomic E-state index is 8.89. The fraction of sp³-hybridized carbons (Fsp3) is 0.400. The van der Waals surface area contributed by atoms with Crippen LogP contribution in [0.25, 0.3) is 10.2 Å². The standard InChI is InChI=1S/C10H15N5OS/c1-6(2-4-16)12-8-7-3-5-17-9(7)14-10(13-8)15-11/h3,5-6,16H,2,4,11H2,1H3,(H2,12,13,14,15). The zero-order chi connectivity index (χ0) is 12.3. The van der Waals surface area contributed by atoms with Crippen LogP contribution in [0.4, 0.5) is 11.8 Å². The predicted molar refractivity (Wildman–Crippen MR) is 70.0 cm³/mol. The van der Waals surface area contributed by atoms with Crippen LogP contribution >= 0.6 is 11.3 Å². The van der Waals surface area contributed by atoms with E-state index in [0.29, 0.717) is 12.4 Å². The smallest absolute Gasteiger partial charge is 0.240 e. The van der Waals surface area contributed by atoms with Crippen molar-refractivity contribution < 1.29 is 5.11 Å². The average Bonchev–Trinajstić information content (AvgIpc) is 2.77.